The normalized spacial score (nSPS) is 18.6. The molecule has 0 aliphatic carbocycles. The Morgan fingerprint density at radius 3 is 2.84 bits per heavy atom. The van der Waals surface area contributed by atoms with Crippen molar-refractivity contribution in [3.8, 4) is 0 Å². The van der Waals surface area contributed by atoms with Gasteiger partial charge < -0.3 is 15.7 Å². The van der Waals surface area contributed by atoms with E-state index in [4.69, 9.17) is 10.8 Å². The molecule has 0 aromatic heterocycles. The Bertz CT molecular complexity index is 493. The summed E-state index contributed by atoms with van der Waals surface area (Å²) in [6.07, 6.45) is 0.612. The van der Waals surface area contributed by atoms with Crippen molar-refractivity contribution in [3.05, 3.63) is 35.4 Å². The van der Waals surface area contributed by atoms with Crippen LogP contribution in [-0.4, -0.2) is 46.1 Å². The van der Waals surface area contributed by atoms with Crippen LogP contribution in [0.25, 0.3) is 0 Å². The summed E-state index contributed by atoms with van der Waals surface area (Å²) in [5.41, 5.74) is 6.96. The fraction of sp³-hybridized carbons (Fsp3) is 0.385. The van der Waals surface area contributed by atoms with Crippen molar-refractivity contribution in [2.45, 2.75) is 12.5 Å². The summed E-state index contributed by atoms with van der Waals surface area (Å²) in [5, 5.41) is 9.12. The Kier molecular flexibility index (Phi) is 4.44. The monoisotopic (exact) mass is 280 g/mol. The lowest BCUT2D eigenvalue weighted by Gasteiger charge is -2.21. The van der Waals surface area contributed by atoms with Gasteiger partial charge in [0.1, 0.15) is 6.04 Å². The van der Waals surface area contributed by atoms with Crippen molar-refractivity contribution in [1.82, 2.24) is 4.90 Å². The molecule has 0 radical (unpaired) electrons. The molecule has 2 rings (SSSR count). The molecule has 102 valence electrons. The summed E-state index contributed by atoms with van der Waals surface area (Å²) >= 11 is 1.46. The minimum Gasteiger partial charge on any atom is -0.480 e. The van der Waals surface area contributed by atoms with Crippen molar-refractivity contribution < 1.29 is 14.7 Å². The van der Waals surface area contributed by atoms with Gasteiger partial charge in [-0.05, 0) is 24.6 Å². The summed E-state index contributed by atoms with van der Waals surface area (Å²) in [6, 6.07) is 6.50. The minimum absolute atomic E-state index is 0.221. The maximum Gasteiger partial charge on any atom is 0.327 e. The topological polar surface area (TPSA) is 83.6 Å². The number of carboxylic acid groups (broad SMARTS) is 1. The third-order valence-electron chi connectivity index (χ3n) is 3.09. The van der Waals surface area contributed by atoms with E-state index in [-0.39, 0.29) is 5.91 Å². The quantitative estimate of drug-likeness (QED) is 0.852. The van der Waals surface area contributed by atoms with Gasteiger partial charge in [-0.25, -0.2) is 4.79 Å². The van der Waals surface area contributed by atoms with Crippen LogP contribution in [0.2, 0.25) is 0 Å². The van der Waals surface area contributed by atoms with Gasteiger partial charge in [0.25, 0.3) is 5.91 Å². The van der Waals surface area contributed by atoms with Gasteiger partial charge in [-0.3, -0.25) is 4.79 Å². The van der Waals surface area contributed by atoms with E-state index in [1.165, 1.54) is 16.7 Å². The van der Waals surface area contributed by atoms with Crippen molar-refractivity contribution in [2.24, 2.45) is 5.73 Å². The molecule has 1 amide bonds. The second kappa shape index (κ2) is 6.08. The van der Waals surface area contributed by atoms with E-state index in [1.54, 1.807) is 12.1 Å². The summed E-state index contributed by atoms with van der Waals surface area (Å²) < 4.78 is 0. The lowest BCUT2D eigenvalue weighted by molar-refractivity contribution is -0.140. The third-order valence-corrected chi connectivity index (χ3v) is 4.10. The molecule has 3 N–H and O–H groups in total. The Morgan fingerprint density at radius 1 is 1.42 bits per heavy atom. The molecular formula is C13H16N2O3S. The number of thioether (sulfide) groups is 1. The molecule has 0 bridgehead atoms. The van der Waals surface area contributed by atoms with Gasteiger partial charge in [-0.15, -0.1) is 11.8 Å². The first-order chi connectivity index (χ1) is 9.15. The molecule has 0 saturated carbocycles. The highest BCUT2D eigenvalue weighted by molar-refractivity contribution is 7.99. The number of carbonyl (C=O) groups excluding carboxylic acids is 1. The van der Waals surface area contributed by atoms with Crippen LogP contribution in [0.4, 0.5) is 0 Å². The Labute approximate surface area is 115 Å². The Balaban J connectivity index is 2.26. The summed E-state index contributed by atoms with van der Waals surface area (Å²) in [4.78, 5) is 25.0. The van der Waals surface area contributed by atoms with Crippen LogP contribution < -0.4 is 5.73 Å². The molecule has 0 spiro atoms. The smallest absolute Gasteiger partial charge is 0.327 e. The van der Waals surface area contributed by atoms with Crippen molar-refractivity contribution in [1.29, 1.82) is 0 Å². The third kappa shape index (κ3) is 2.90. The molecule has 6 heteroatoms. The molecule has 1 atom stereocenters. The molecule has 1 heterocycles. The van der Waals surface area contributed by atoms with Gasteiger partial charge in [0.2, 0.25) is 0 Å². The highest BCUT2D eigenvalue weighted by atomic mass is 32.2. The highest BCUT2D eigenvalue weighted by Gasteiger charge is 2.35. The SMILES string of the molecule is NCCc1ccccc1C(=O)N1CSCC1C(=O)O. The number of carboxylic acids is 1. The first-order valence-electron chi connectivity index (χ1n) is 6.04. The average molecular weight is 280 g/mol. The number of aliphatic carboxylic acids is 1. The molecule has 1 aromatic carbocycles. The maximum atomic E-state index is 12.5. The number of nitrogens with zero attached hydrogens (tertiary/aromatic N) is 1. The first kappa shape index (κ1) is 13.9. The second-order valence-electron chi connectivity index (χ2n) is 4.32. The summed E-state index contributed by atoms with van der Waals surface area (Å²) in [5.74, 6) is -0.302. The van der Waals surface area contributed by atoms with Crippen molar-refractivity contribution in [3.63, 3.8) is 0 Å². The molecule has 1 aliphatic rings. The first-order valence-corrected chi connectivity index (χ1v) is 7.20. The van der Waals surface area contributed by atoms with Gasteiger partial charge in [0, 0.05) is 11.3 Å². The standard InChI is InChI=1S/C13H16N2O3S/c14-6-5-9-3-1-2-4-10(9)12(16)15-8-19-7-11(15)13(17)18/h1-4,11H,5-8,14H2,(H,17,18). The van der Waals surface area contributed by atoms with Crippen LogP contribution >= 0.6 is 11.8 Å². The van der Waals surface area contributed by atoms with Crippen LogP contribution in [0.3, 0.4) is 0 Å². The number of hydrogen-bond donors (Lipinski definition) is 2. The van der Waals surface area contributed by atoms with Crippen molar-refractivity contribution >= 4 is 23.6 Å². The minimum atomic E-state index is -0.949. The van der Waals surface area contributed by atoms with Gasteiger partial charge in [-0.2, -0.15) is 0 Å². The van der Waals surface area contributed by atoms with E-state index in [0.29, 0.717) is 30.2 Å². The zero-order valence-electron chi connectivity index (χ0n) is 10.4. The number of benzene rings is 1. The van der Waals surface area contributed by atoms with Crippen LogP contribution in [0.15, 0.2) is 24.3 Å². The fourth-order valence-corrected chi connectivity index (χ4v) is 3.25. The number of rotatable bonds is 4. The molecule has 1 unspecified atom stereocenters. The molecule has 19 heavy (non-hydrogen) atoms. The Morgan fingerprint density at radius 2 is 2.16 bits per heavy atom. The fourth-order valence-electron chi connectivity index (χ4n) is 2.10. The van der Waals surface area contributed by atoms with Crippen LogP contribution in [0.5, 0.6) is 0 Å². The molecule has 1 aliphatic heterocycles. The van der Waals surface area contributed by atoms with E-state index in [9.17, 15) is 9.59 Å². The molecule has 1 saturated heterocycles. The van der Waals surface area contributed by atoms with E-state index >= 15 is 0 Å². The summed E-state index contributed by atoms with van der Waals surface area (Å²) in [7, 11) is 0. The lowest BCUT2D eigenvalue weighted by atomic mass is 10.0. The lowest BCUT2D eigenvalue weighted by Crippen LogP contribution is -2.42. The largest absolute Gasteiger partial charge is 0.480 e. The van der Waals surface area contributed by atoms with Crippen molar-refractivity contribution in [2.75, 3.05) is 18.2 Å². The summed E-state index contributed by atoms with van der Waals surface area (Å²) in [6.45, 7) is 0.460. The second-order valence-corrected chi connectivity index (χ2v) is 5.32. The number of carbonyl (C=O) groups is 2. The molecule has 5 nitrogen and oxygen atoms in total. The predicted octanol–water partition coefficient (Wildman–Crippen LogP) is 0.787. The zero-order valence-corrected chi connectivity index (χ0v) is 11.2. The van der Waals surface area contributed by atoms with Gasteiger partial charge in [0.15, 0.2) is 0 Å². The van der Waals surface area contributed by atoms with E-state index in [2.05, 4.69) is 0 Å². The van der Waals surface area contributed by atoms with Gasteiger partial charge >= 0.3 is 5.97 Å². The van der Waals surface area contributed by atoms with Gasteiger partial charge in [0.05, 0.1) is 5.88 Å². The predicted molar refractivity (Wildman–Crippen MR) is 74.1 cm³/mol. The van der Waals surface area contributed by atoms with Crippen LogP contribution in [0, 0.1) is 0 Å². The zero-order chi connectivity index (χ0) is 13.8. The van der Waals surface area contributed by atoms with E-state index in [1.807, 2.05) is 12.1 Å². The van der Waals surface area contributed by atoms with Crippen LogP contribution in [-0.2, 0) is 11.2 Å². The molecule has 1 aromatic rings. The van der Waals surface area contributed by atoms with Gasteiger partial charge in [-0.1, -0.05) is 18.2 Å². The highest BCUT2D eigenvalue weighted by Crippen LogP contribution is 2.24. The number of hydrogen-bond acceptors (Lipinski definition) is 4. The average Bonchev–Trinajstić information content (AvgIpc) is 2.88. The van der Waals surface area contributed by atoms with E-state index < -0.39 is 12.0 Å². The Hall–Kier alpha value is -1.53. The van der Waals surface area contributed by atoms with Crippen LogP contribution in [0.1, 0.15) is 15.9 Å². The van der Waals surface area contributed by atoms with E-state index in [0.717, 1.165) is 5.56 Å². The maximum absolute atomic E-state index is 12.5. The number of amides is 1. The molecule has 1 fully saturated rings. The molecular weight excluding hydrogens is 264 g/mol. The number of nitrogens with two attached hydrogens (primary N) is 1.